The van der Waals surface area contributed by atoms with E-state index in [1.807, 2.05) is 43.4 Å². The van der Waals surface area contributed by atoms with Crippen molar-refractivity contribution in [2.45, 2.75) is 148 Å². The van der Waals surface area contributed by atoms with Crippen molar-refractivity contribution in [3.8, 4) is 0 Å². The maximum absolute atomic E-state index is 12.5. The van der Waals surface area contributed by atoms with Crippen LogP contribution in [0.3, 0.4) is 0 Å². The summed E-state index contributed by atoms with van der Waals surface area (Å²) >= 11 is 0. The van der Waals surface area contributed by atoms with E-state index in [0.29, 0.717) is 32.1 Å². The summed E-state index contributed by atoms with van der Waals surface area (Å²) in [7, 11) is -4.42. The summed E-state index contributed by atoms with van der Waals surface area (Å²) in [5.41, 5.74) is 5.32. The lowest BCUT2D eigenvalue weighted by atomic mass is 10.1. The maximum Gasteiger partial charge on any atom is 0.472 e. The average molecular weight is 794 g/mol. The van der Waals surface area contributed by atoms with Gasteiger partial charge in [0.25, 0.3) is 0 Å². The van der Waals surface area contributed by atoms with Crippen LogP contribution in [0.4, 0.5) is 0 Å². The molecule has 0 aromatic rings. The van der Waals surface area contributed by atoms with Crippen LogP contribution < -0.4 is 5.73 Å². The van der Waals surface area contributed by atoms with Crippen LogP contribution in [0.25, 0.3) is 0 Å². The molecule has 0 aliphatic heterocycles. The number of allylic oxidation sites excluding steroid dienone is 10. The molecule has 0 saturated carbocycles. The molecular weight excluding hydrogens is 721 g/mol. The van der Waals surface area contributed by atoms with Crippen molar-refractivity contribution in [3.05, 3.63) is 85.1 Å². The number of rotatable bonds is 36. The molecule has 12 heteroatoms. The van der Waals surface area contributed by atoms with Crippen molar-refractivity contribution >= 4 is 19.8 Å². The normalized spacial score (nSPS) is 15.4. The number of aliphatic hydroxyl groups is 2. The molecular formula is C43H72NO10P. The zero-order chi connectivity index (χ0) is 40.7. The monoisotopic (exact) mass is 793 g/mol. The molecule has 11 nitrogen and oxygen atoms in total. The first-order valence-electron chi connectivity index (χ1n) is 20.3. The molecule has 0 saturated heterocycles. The van der Waals surface area contributed by atoms with Crippen LogP contribution in [0.15, 0.2) is 85.1 Å². The van der Waals surface area contributed by atoms with Gasteiger partial charge in [0.05, 0.1) is 25.4 Å². The second-order valence-corrected chi connectivity index (χ2v) is 14.6. The minimum atomic E-state index is -4.42. The molecule has 0 aromatic carbocycles. The Kier molecular flexibility index (Phi) is 36.0. The predicted octanol–water partition coefficient (Wildman–Crippen LogP) is 9.21. The van der Waals surface area contributed by atoms with E-state index in [0.717, 1.165) is 44.9 Å². The first-order valence-corrected chi connectivity index (χ1v) is 21.8. The van der Waals surface area contributed by atoms with E-state index in [-0.39, 0.29) is 32.6 Å². The number of aliphatic hydroxyl groups excluding tert-OH is 2. The van der Waals surface area contributed by atoms with Crippen LogP contribution in [0.5, 0.6) is 0 Å². The Labute approximate surface area is 331 Å². The fourth-order valence-corrected chi connectivity index (χ4v) is 5.65. The van der Waals surface area contributed by atoms with Gasteiger partial charge in [-0.05, 0) is 64.2 Å². The van der Waals surface area contributed by atoms with Crippen molar-refractivity contribution < 1.29 is 47.8 Å². The first kappa shape index (κ1) is 52.1. The van der Waals surface area contributed by atoms with Gasteiger partial charge in [0.15, 0.2) is 6.10 Å². The summed E-state index contributed by atoms with van der Waals surface area (Å²) in [6.45, 7) is 3.28. The van der Waals surface area contributed by atoms with E-state index in [9.17, 15) is 29.3 Å². The van der Waals surface area contributed by atoms with Gasteiger partial charge in [0.2, 0.25) is 0 Å². The lowest BCUT2D eigenvalue weighted by Crippen LogP contribution is -2.29. The molecule has 55 heavy (non-hydrogen) atoms. The summed E-state index contributed by atoms with van der Waals surface area (Å²) < 4.78 is 32.5. The van der Waals surface area contributed by atoms with Gasteiger partial charge in [-0.15, -0.1) is 0 Å². The summed E-state index contributed by atoms with van der Waals surface area (Å²) in [4.78, 5) is 34.7. The Balaban J connectivity index is 4.46. The third-order valence-electron chi connectivity index (χ3n) is 7.94. The van der Waals surface area contributed by atoms with Crippen molar-refractivity contribution in [1.29, 1.82) is 0 Å². The molecule has 0 radical (unpaired) electrons. The smallest absolute Gasteiger partial charge is 0.462 e. The van der Waals surface area contributed by atoms with Crippen molar-refractivity contribution in [2.24, 2.45) is 5.73 Å². The molecule has 0 amide bonds. The average Bonchev–Trinajstić information content (AvgIpc) is 3.16. The standard InChI is InChI=1S/C43H72NO10P/c1-3-5-7-8-9-10-11-12-13-14-15-20-28-34-43(48)54-41(38-53-55(49,50)52-36-35-44)37-51-42(47)33-27-19-17-16-18-24-30-40(46)32-26-22-21-25-31-39(45)29-23-6-4-2/h6,10-11,17-19,21-26,31-32,39-41,45-46H,3-5,7-9,12-16,20,27-30,33-38,44H2,1-2H3,(H,49,50)/b11-10-,19-17-,22-21-,23-6-,24-18-,31-25+,32-26+/t39-,40+,41-/m1/s1. The Morgan fingerprint density at radius 1 is 0.655 bits per heavy atom. The summed E-state index contributed by atoms with van der Waals surface area (Å²) in [5, 5.41) is 19.9. The van der Waals surface area contributed by atoms with Crippen molar-refractivity contribution in [1.82, 2.24) is 0 Å². The molecule has 0 aliphatic carbocycles. The second-order valence-electron chi connectivity index (χ2n) is 13.2. The maximum atomic E-state index is 12.5. The van der Waals surface area contributed by atoms with Gasteiger partial charge in [-0.2, -0.15) is 0 Å². The van der Waals surface area contributed by atoms with Crippen LogP contribution in [0.2, 0.25) is 0 Å². The Morgan fingerprint density at radius 2 is 1.24 bits per heavy atom. The second kappa shape index (κ2) is 38.0. The largest absolute Gasteiger partial charge is 0.472 e. The molecule has 0 aliphatic rings. The quantitative estimate of drug-likeness (QED) is 0.0157. The number of phosphoric ester groups is 1. The minimum absolute atomic E-state index is 0.0216. The number of carbonyl (C=O) groups excluding carboxylic acids is 2. The van der Waals surface area contributed by atoms with Gasteiger partial charge in [-0.1, -0.05) is 137 Å². The predicted molar refractivity (Wildman–Crippen MR) is 222 cm³/mol. The summed E-state index contributed by atoms with van der Waals surface area (Å²) in [5.74, 6) is -1.02. The van der Waals surface area contributed by atoms with Crippen LogP contribution in [-0.2, 0) is 32.7 Å². The third-order valence-corrected chi connectivity index (χ3v) is 8.93. The summed E-state index contributed by atoms with van der Waals surface area (Å²) in [6.07, 6.45) is 39.8. The highest BCUT2D eigenvalue weighted by atomic mass is 31.2. The van der Waals surface area contributed by atoms with Gasteiger partial charge in [0.1, 0.15) is 6.61 Å². The number of hydrogen-bond donors (Lipinski definition) is 4. The van der Waals surface area contributed by atoms with Gasteiger partial charge in [-0.25, -0.2) is 4.57 Å². The van der Waals surface area contributed by atoms with E-state index in [2.05, 4.69) is 19.1 Å². The lowest BCUT2D eigenvalue weighted by molar-refractivity contribution is -0.161. The fraction of sp³-hybridized carbons (Fsp3) is 0.628. The molecule has 0 spiro atoms. The number of esters is 2. The van der Waals surface area contributed by atoms with Gasteiger partial charge < -0.3 is 30.3 Å². The first-order chi connectivity index (χ1) is 26.6. The Bertz CT molecular complexity index is 1210. The lowest BCUT2D eigenvalue weighted by Gasteiger charge is -2.19. The SMILES string of the molecule is CC/C=C\C[C@@H](O)/C=C/C=C\C=C\[C@@H](O)C/C=C\C/C=C\CCC(=O)OC[C@H](COP(=O)(O)OCCN)OC(=O)CCCCCCC/C=C\CCCCCC. The van der Waals surface area contributed by atoms with E-state index >= 15 is 0 Å². The molecule has 0 aromatic heterocycles. The number of ether oxygens (including phenoxy) is 2. The number of unbranched alkanes of at least 4 members (excludes halogenated alkanes) is 9. The van der Waals surface area contributed by atoms with Crippen molar-refractivity contribution in [3.63, 3.8) is 0 Å². The molecule has 0 bridgehead atoms. The molecule has 0 fully saturated rings. The zero-order valence-corrected chi connectivity index (χ0v) is 34.5. The minimum Gasteiger partial charge on any atom is -0.462 e. The number of phosphoric acid groups is 1. The van der Waals surface area contributed by atoms with Crippen LogP contribution in [0.1, 0.15) is 129 Å². The van der Waals surface area contributed by atoms with Gasteiger partial charge in [0, 0.05) is 19.4 Å². The van der Waals surface area contributed by atoms with Crippen LogP contribution in [-0.4, -0.2) is 71.7 Å². The van der Waals surface area contributed by atoms with Gasteiger partial charge in [-0.3, -0.25) is 18.6 Å². The van der Waals surface area contributed by atoms with Gasteiger partial charge >= 0.3 is 19.8 Å². The third kappa shape index (κ3) is 37.8. The molecule has 0 heterocycles. The van der Waals surface area contributed by atoms with E-state index in [1.165, 1.54) is 25.7 Å². The number of hydrogen-bond acceptors (Lipinski definition) is 10. The van der Waals surface area contributed by atoms with Crippen molar-refractivity contribution in [2.75, 3.05) is 26.4 Å². The van der Waals surface area contributed by atoms with E-state index in [1.54, 1.807) is 36.5 Å². The topological polar surface area (TPSA) is 175 Å². The molecule has 5 N–H and O–H groups in total. The number of nitrogens with two attached hydrogens (primary N) is 1. The molecule has 1 unspecified atom stereocenters. The highest BCUT2D eigenvalue weighted by Crippen LogP contribution is 2.43. The highest BCUT2D eigenvalue weighted by molar-refractivity contribution is 7.47. The zero-order valence-electron chi connectivity index (χ0n) is 33.6. The Hall–Kier alpha value is -2.89. The number of carbonyl (C=O) groups is 2. The molecule has 314 valence electrons. The molecule has 0 rings (SSSR count). The molecule has 4 atom stereocenters. The van der Waals surface area contributed by atoms with E-state index < -0.39 is 44.7 Å². The fourth-order valence-electron chi connectivity index (χ4n) is 4.89. The van der Waals surface area contributed by atoms with E-state index in [4.69, 9.17) is 24.3 Å². The van der Waals surface area contributed by atoms with Crippen LogP contribution >= 0.6 is 7.82 Å². The summed E-state index contributed by atoms with van der Waals surface area (Å²) in [6, 6.07) is 0. The van der Waals surface area contributed by atoms with Crippen LogP contribution in [0, 0.1) is 0 Å². The highest BCUT2D eigenvalue weighted by Gasteiger charge is 2.25. The Morgan fingerprint density at radius 3 is 1.87 bits per heavy atom.